The summed E-state index contributed by atoms with van der Waals surface area (Å²) in [5.41, 5.74) is 9.30. The van der Waals surface area contributed by atoms with Gasteiger partial charge >= 0.3 is 0 Å². The lowest BCUT2D eigenvalue weighted by Crippen LogP contribution is -2.05. The van der Waals surface area contributed by atoms with Gasteiger partial charge in [0.15, 0.2) is 11.6 Å². The zero-order chi connectivity index (χ0) is 17.1. The number of nitrogen functional groups attached to an aromatic ring is 1. The Hall–Kier alpha value is -3.74. The van der Waals surface area contributed by atoms with Crippen LogP contribution < -0.4 is 16.4 Å². The lowest BCUT2D eigenvalue weighted by atomic mass is 10.2. The van der Waals surface area contributed by atoms with Crippen molar-refractivity contribution in [3.63, 3.8) is 0 Å². The number of nitrogens with zero attached hydrogens (tertiary/aromatic N) is 4. The third-order valence-electron chi connectivity index (χ3n) is 3.73. The lowest BCUT2D eigenvalue weighted by molar-refractivity contribution is 1.17. The summed E-state index contributed by atoms with van der Waals surface area (Å²) >= 11 is 0. The highest BCUT2D eigenvalue weighted by Gasteiger charge is 2.10. The molecule has 0 aliphatic carbocycles. The Morgan fingerprint density at radius 3 is 2.40 bits per heavy atom. The number of hydrogen-bond donors (Lipinski definition) is 3. The van der Waals surface area contributed by atoms with Crippen LogP contribution in [0.3, 0.4) is 0 Å². The van der Waals surface area contributed by atoms with E-state index in [0.29, 0.717) is 17.3 Å². The molecule has 3 heterocycles. The molecule has 25 heavy (non-hydrogen) atoms. The van der Waals surface area contributed by atoms with Crippen LogP contribution in [0.2, 0.25) is 0 Å². The molecule has 0 saturated heterocycles. The van der Waals surface area contributed by atoms with Gasteiger partial charge in [0.05, 0.1) is 5.52 Å². The van der Waals surface area contributed by atoms with Crippen molar-refractivity contribution < 1.29 is 0 Å². The Labute approximate surface area is 144 Å². The van der Waals surface area contributed by atoms with E-state index in [1.807, 2.05) is 42.5 Å². The summed E-state index contributed by atoms with van der Waals surface area (Å²) in [5.74, 6) is 1.06. The third kappa shape index (κ3) is 3.02. The first-order chi connectivity index (χ1) is 12.3. The quantitative estimate of drug-likeness (QED) is 0.526. The minimum atomic E-state index is 0.431. The molecule has 0 saturated carbocycles. The average Bonchev–Trinajstić information content (AvgIpc) is 2.66. The summed E-state index contributed by atoms with van der Waals surface area (Å²) in [7, 11) is 0. The first-order valence-corrected chi connectivity index (χ1v) is 7.69. The number of fused-ring (bicyclic) bond motifs is 1. The van der Waals surface area contributed by atoms with Crippen LogP contribution in [0.4, 0.5) is 28.7 Å². The molecule has 0 aliphatic heterocycles. The van der Waals surface area contributed by atoms with Crippen molar-refractivity contribution in [3.05, 3.63) is 67.4 Å². The molecule has 7 nitrogen and oxygen atoms in total. The molecule has 0 spiro atoms. The zero-order valence-electron chi connectivity index (χ0n) is 13.2. The minimum Gasteiger partial charge on any atom is -0.393 e. The van der Waals surface area contributed by atoms with Crippen LogP contribution in [0, 0.1) is 0 Å². The smallest absolute Gasteiger partial charge is 0.159 e. The molecular formula is C18H15N7. The fourth-order valence-electron chi connectivity index (χ4n) is 2.51. The van der Waals surface area contributed by atoms with Crippen molar-refractivity contribution in [1.82, 2.24) is 19.9 Å². The molecular weight excluding hydrogens is 314 g/mol. The summed E-state index contributed by atoms with van der Waals surface area (Å²) in [5, 5.41) is 7.43. The van der Waals surface area contributed by atoms with Crippen molar-refractivity contribution in [3.8, 4) is 0 Å². The summed E-state index contributed by atoms with van der Waals surface area (Å²) in [4.78, 5) is 16.8. The molecule has 0 radical (unpaired) electrons. The molecule has 4 N–H and O–H groups in total. The highest BCUT2D eigenvalue weighted by molar-refractivity contribution is 5.94. The number of hydrogen-bond acceptors (Lipinski definition) is 7. The number of nitrogens with one attached hydrogen (secondary N) is 2. The summed E-state index contributed by atoms with van der Waals surface area (Å²) in [6, 6.07) is 13.4. The molecule has 4 aromatic rings. The highest BCUT2D eigenvalue weighted by Crippen LogP contribution is 2.30. The molecule has 0 amide bonds. The Kier molecular flexibility index (Phi) is 3.80. The zero-order valence-corrected chi connectivity index (χ0v) is 13.2. The van der Waals surface area contributed by atoms with Gasteiger partial charge in [-0.2, -0.15) is 0 Å². The van der Waals surface area contributed by atoms with E-state index in [1.54, 1.807) is 18.6 Å². The monoisotopic (exact) mass is 329 g/mol. The van der Waals surface area contributed by atoms with E-state index in [2.05, 4.69) is 30.6 Å². The fourth-order valence-corrected chi connectivity index (χ4v) is 2.51. The maximum absolute atomic E-state index is 6.24. The largest absolute Gasteiger partial charge is 0.393 e. The number of anilines is 5. The topological polar surface area (TPSA) is 102 Å². The molecule has 0 aliphatic rings. The van der Waals surface area contributed by atoms with E-state index >= 15 is 0 Å². The van der Waals surface area contributed by atoms with Crippen LogP contribution >= 0.6 is 0 Å². The van der Waals surface area contributed by atoms with Crippen molar-refractivity contribution in [1.29, 1.82) is 0 Å². The second kappa shape index (κ2) is 6.40. The molecule has 0 bridgehead atoms. The van der Waals surface area contributed by atoms with Crippen molar-refractivity contribution in [2.75, 3.05) is 16.4 Å². The summed E-state index contributed by atoms with van der Waals surface area (Å²) in [6.07, 6.45) is 6.62. The van der Waals surface area contributed by atoms with Crippen molar-refractivity contribution >= 4 is 39.6 Å². The molecule has 1 aromatic carbocycles. The maximum Gasteiger partial charge on any atom is 0.159 e. The van der Waals surface area contributed by atoms with Gasteiger partial charge in [-0.25, -0.2) is 9.97 Å². The second-order valence-corrected chi connectivity index (χ2v) is 5.35. The number of rotatable bonds is 4. The van der Waals surface area contributed by atoms with Gasteiger partial charge < -0.3 is 16.4 Å². The molecule has 3 aromatic heterocycles. The highest BCUT2D eigenvalue weighted by atomic mass is 15.1. The number of aromatic nitrogens is 4. The van der Waals surface area contributed by atoms with Gasteiger partial charge in [0.25, 0.3) is 0 Å². The third-order valence-corrected chi connectivity index (χ3v) is 3.73. The van der Waals surface area contributed by atoms with E-state index in [4.69, 9.17) is 5.73 Å². The van der Waals surface area contributed by atoms with Gasteiger partial charge in [-0.05, 0) is 36.4 Å². The van der Waals surface area contributed by atoms with Gasteiger partial charge in [-0.15, -0.1) is 0 Å². The van der Waals surface area contributed by atoms with E-state index in [0.717, 1.165) is 22.3 Å². The van der Waals surface area contributed by atoms with Gasteiger partial charge in [0.1, 0.15) is 12.0 Å². The van der Waals surface area contributed by atoms with Crippen molar-refractivity contribution in [2.24, 2.45) is 0 Å². The SMILES string of the molecule is Nc1c(Nc2ccncc2)ncnc1Nc1cccc2ncccc12. The molecule has 0 unspecified atom stereocenters. The van der Waals surface area contributed by atoms with Crippen LogP contribution in [-0.2, 0) is 0 Å². The van der Waals surface area contributed by atoms with Gasteiger partial charge in [-0.1, -0.05) is 6.07 Å². The minimum absolute atomic E-state index is 0.431. The summed E-state index contributed by atoms with van der Waals surface area (Å²) < 4.78 is 0. The van der Waals surface area contributed by atoms with Crippen LogP contribution in [0.25, 0.3) is 10.9 Å². The van der Waals surface area contributed by atoms with E-state index in [1.165, 1.54) is 6.33 Å². The lowest BCUT2D eigenvalue weighted by Gasteiger charge is -2.13. The fraction of sp³-hybridized carbons (Fsp3) is 0. The first kappa shape index (κ1) is 14.8. The predicted octanol–water partition coefficient (Wildman–Crippen LogP) is 3.49. The Balaban J connectivity index is 1.68. The Morgan fingerprint density at radius 1 is 0.760 bits per heavy atom. The van der Waals surface area contributed by atoms with E-state index < -0.39 is 0 Å². The Morgan fingerprint density at radius 2 is 1.56 bits per heavy atom. The standard InChI is InChI=1S/C18H15N7/c19-16-17(24-12-6-9-20-10-7-12)22-11-23-18(16)25-15-5-1-4-14-13(15)3-2-8-21-14/h1-11H,19H2,(H2,20,22,23,24,25). The normalized spacial score (nSPS) is 10.6. The van der Waals surface area contributed by atoms with Gasteiger partial charge in [-0.3, -0.25) is 9.97 Å². The Bertz CT molecular complexity index is 1010. The molecule has 7 heteroatoms. The molecule has 4 rings (SSSR count). The molecule has 0 atom stereocenters. The van der Waals surface area contributed by atoms with Crippen LogP contribution in [0.15, 0.2) is 67.4 Å². The average molecular weight is 329 g/mol. The van der Waals surface area contributed by atoms with Crippen molar-refractivity contribution in [2.45, 2.75) is 0 Å². The van der Waals surface area contributed by atoms with Crippen LogP contribution in [0.1, 0.15) is 0 Å². The van der Waals surface area contributed by atoms with Gasteiger partial charge in [0.2, 0.25) is 0 Å². The van der Waals surface area contributed by atoms with Crippen LogP contribution in [-0.4, -0.2) is 19.9 Å². The maximum atomic E-state index is 6.24. The second-order valence-electron chi connectivity index (χ2n) is 5.35. The van der Waals surface area contributed by atoms with E-state index in [-0.39, 0.29) is 0 Å². The number of benzene rings is 1. The van der Waals surface area contributed by atoms with Crippen LogP contribution in [0.5, 0.6) is 0 Å². The number of nitrogens with two attached hydrogens (primary N) is 1. The predicted molar refractivity (Wildman–Crippen MR) is 99.0 cm³/mol. The first-order valence-electron chi connectivity index (χ1n) is 7.69. The molecule has 0 fully saturated rings. The van der Waals surface area contributed by atoms with E-state index in [9.17, 15) is 0 Å². The number of pyridine rings is 2. The van der Waals surface area contributed by atoms with Gasteiger partial charge in [0, 0.05) is 35.4 Å². The summed E-state index contributed by atoms with van der Waals surface area (Å²) in [6.45, 7) is 0. The molecule has 122 valence electrons.